The normalized spacial score (nSPS) is 27.8. The molecule has 0 aliphatic carbocycles. The molecule has 0 saturated carbocycles. The molecule has 2 saturated heterocycles. The highest BCUT2D eigenvalue weighted by atomic mass is 16.7. The van der Waals surface area contributed by atoms with Gasteiger partial charge >= 0.3 is 7.12 Å². The van der Waals surface area contributed by atoms with Crippen LogP contribution in [-0.4, -0.2) is 48.1 Å². The summed E-state index contributed by atoms with van der Waals surface area (Å²) in [5.41, 5.74) is 0.0852. The van der Waals surface area contributed by atoms with Gasteiger partial charge in [-0.05, 0) is 27.7 Å². The third kappa shape index (κ3) is 2.83. The van der Waals surface area contributed by atoms with Gasteiger partial charge in [-0.15, -0.1) is 0 Å². The molecule has 21 heavy (non-hydrogen) atoms. The summed E-state index contributed by atoms with van der Waals surface area (Å²) >= 11 is 0. The SMILES string of the molecule is CC1(C)OB(c2cnc(C3COCCO3)nc2)OC1(C)C. The molecule has 2 aliphatic heterocycles. The third-order valence-electron chi connectivity index (χ3n) is 4.32. The molecule has 114 valence electrons. The first-order chi connectivity index (χ1) is 9.89. The van der Waals surface area contributed by atoms with Crippen LogP contribution in [0.25, 0.3) is 0 Å². The fraction of sp³-hybridized carbons (Fsp3) is 0.714. The summed E-state index contributed by atoms with van der Waals surface area (Å²) in [6.45, 7) is 9.79. The Morgan fingerprint density at radius 1 is 1.05 bits per heavy atom. The van der Waals surface area contributed by atoms with E-state index in [4.69, 9.17) is 18.8 Å². The molecule has 0 radical (unpaired) electrons. The Morgan fingerprint density at radius 2 is 1.67 bits per heavy atom. The van der Waals surface area contributed by atoms with Gasteiger partial charge < -0.3 is 18.8 Å². The van der Waals surface area contributed by atoms with Crippen LogP contribution < -0.4 is 5.46 Å². The number of ether oxygens (including phenoxy) is 2. The van der Waals surface area contributed by atoms with E-state index in [0.29, 0.717) is 25.6 Å². The molecule has 0 aromatic carbocycles. The molecule has 0 spiro atoms. The molecule has 6 nitrogen and oxygen atoms in total. The fourth-order valence-electron chi connectivity index (χ4n) is 2.25. The smallest absolute Gasteiger partial charge is 0.399 e. The quantitative estimate of drug-likeness (QED) is 0.754. The zero-order chi connectivity index (χ0) is 15.1. The molecule has 3 heterocycles. The van der Waals surface area contributed by atoms with Gasteiger partial charge in [0.1, 0.15) is 6.10 Å². The topological polar surface area (TPSA) is 62.7 Å². The first-order valence-electron chi connectivity index (χ1n) is 7.26. The van der Waals surface area contributed by atoms with Crippen molar-refractivity contribution in [1.29, 1.82) is 0 Å². The highest BCUT2D eigenvalue weighted by Gasteiger charge is 2.51. The van der Waals surface area contributed by atoms with Crippen LogP contribution >= 0.6 is 0 Å². The predicted octanol–water partition coefficient (Wildman–Crippen LogP) is 0.864. The van der Waals surface area contributed by atoms with Gasteiger partial charge in [0.25, 0.3) is 0 Å². The highest BCUT2D eigenvalue weighted by molar-refractivity contribution is 6.61. The van der Waals surface area contributed by atoms with E-state index in [0.717, 1.165) is 5.46 Å². The molecular weight excluding hydrogens is 271 g/mol. The lowest BCUT2D eigenvalue weighted by Crippen LogP contribution is -2.41. The average Bonchev–Trinajstić information content (AvgIpc) is 2.69. The summed E-state index contributed by atoms with van der Waals surface area (Å²) in [7, 11) is -0.437. The van der Waals surface area contributed by atoms with E-state index >= 15 is 0 Å². The summed E-state index contributed by atoms with van der Waals surface area (Å²) in [6.07, 6.45) is 3.29. The second kappa shape index (κ2) is 5.32. The largest absolute Gasteiger partial charge is 0.498 e. The number of hydrogen-bond acceptors (Lipinski definition) is 6. The van der Waals surface area contributed by atoms with Crippen LogP contribution in [0.15, 0.2) is 12.4 Å². The average molecular weight is 292 g/mol. The van der Waals surface area contributed by atoms with Gasteiger partial charge in [-0.1, -0.05) is 0 Å². The predicted molar refractivity (Wildman–Crippen MR) is 77.3 cm³/mol. The minimum atomic E-state index is -0.437. The van der Waals surface area contributed by atoms with Crippen molar-refractivity contribution in [2.24, 2.45) is 0 Å². The third-order valence-corrected chi connectivity index (χ3v) is 4.32. The van der Waals surface area contributed by atoms with Gasteiger partial charge in [-0.2, -0.15) is 0 Å². The maximum atomic E-state index is 5.98. The Bertz CT molecular complexity index is 484. The molecule has 0 N–H and O–H groups in total. The first-order valence-corrected chi connectivity index (χ1v) is 7.26. The van der Waals surface area contributed by atoms with Crippen molar-refractivity contribution in [3.63, 3.8) is 0 Å². The van der Waals surface area contributed by atoms with Crippen molar-refractivity contribution in [2.45, 2.75) is 45.0 Å². The van der Waals surface area contributed by atoms with E-state index in [9.17, 15) is 0 Å². The Labute approximate surface area is 125 Å². The lowest BCUT2D eigenvalue weighted by atomic mass is 9.81. The standard InChI is InChI=1S/C14H21BN2O4/c1-13(2)14(3,4)21-15(20-13)10-7-16-12(17-8-10)11-9-18-5-6-19-11/h7-8,11H,5-6,9H2,1-4H3. The van der Waals surface area contributed by atoms with E-state index in [1.165, 1.54) is 0 Å². The minimum absolute atomic E-state index is 0.189. The fourth-order valence-corrected chi connectivity index (χ4v) is 2.25. The van der Waals surface area contributed by atoms with Gasteiger partial charge in [0.2, 0.25) is 0 Å². The molecule has 7 heteroatoms. The summed E-state index contributed by atoms with van der Waals surface area (Å²) in [4.78, 5) is 8.73. The van der Waals surface area contributed by atoms with Crippen LogP contribution in [-0.2, 0) is 18.8 Å². The van der Waals surface area contributed by atoms with Crippen LogP contribution in [0.1, 0.15) is 39.6 Å². The molecule has 3 rings (SSSR count). The summed E-state index contributed by atoms with van der Waals surface area (Å²) in [5, 5.41) is 0. The van der Waals surface area contributed by atoms with Crippen molar-refractivity contribution < 1.29 is 18.8 Å². The zero-order valence-electron chi connectivity index (χ0n) is 13.0. The van der Waals surface area contributed by atoms with Crippen LogP contribution in [0.3, 0.4) is 0 Å². The Kier molecular flexibility index (Phi) is 3.77. The van der Waals surface area contributed by atoms with Gasteiger partial charge in [-0.3, -0.25) is 0 Å². The van der Waals surface area contributed by atoms with Crippen LogP contribution in [0, 0.1) is 0 Å². The first kappa shape index (κ1) is 14.9. The zero-order valence-corrected chi connectivity index (χ0v) is 13.0. The van der Waals surface area contributed by atoms with Crippen LogP contribution in [0.2, 0.25) is 0 Å². The molecule has 1 aromatic rings. The van der Waals surface area contributed by atoms with Crippen LogP contribution in [0.5, 0.6) is 0 Å². The van der Waals surface area contributed by atoms with Crippen LogP contribution in [0.4, 0.5) is 0 Å². The van der Waals surface area contributed by atoms with Crippen molar-refractivity contribution in [3.8, 4) is 0 Å². The Morgan fingerprint density at radius 3 is 2.19 bits per heavy atom. The molecule has 1 aromatic heterocycles. The molecule has 0 amide bonds. The van der Waals surface area contributed by atoms with Gasteiger partial charge in [0.05, 0.1) is 31.0 Å². The van der Waals surface area contributed by atoms with Crippen molar-refractivity contribution in [3.05, 3.63) is 18.2 Å². The monoisotopic (exact) mass is 292 g/mol. The minimum Gasteiger partial charge on any atom is -0.399 e. The van der Waals surface area contributed by atoms with E-state index in [1.807, 2.05) is 27.7 Å². The number of nitrogens with zero attached hydrogens (tertiary/aromatic N) is 2. The lowest BCUT2D eigenvalue weighted by Gasteiger charge is -2.32. The number of hydrogen-bond donors (Lipinski definition) is 0. The molecule has 2 aliphatic rings. The van der Waals surface area contributed by atoms with Crippen molar-refractivity contribution in [2.75, 3.05) is 19.8 Å². The van der Waals surface area contributed by atoms with E-state index < -0.39 is 7.12 Å². The van der Waals surface area contributed by atoms with E-state index in [-0.39, 0.29) is 17.3 Å². The highest BCUT2D eigenvalue weighted by Crippen LogP contribution is 2.36. The summed E-state index contributed by atoms with van der Waals surface area (Å²) in [5.74, 6) is 0.634. The molecule has 1 unspecified atom stereocenters. The van der Waals surface area contributed by atoms with Gasteiger partial charge in [-0.25, -0.2) is 9.97 Å². The van der Waals surface area contributed by atoms with E-state index in [1.54, 1.807) is 12.4 Å². The molecular formula is C14H21BN2O4. The lowest BCUT2D eigenvalue weighted by molar-refractivity contribution is -0.0935. The number of rotatable bonds is 2. The maximum Gasteiger partial charge on any atom is 0.498 e. The van der Waals surface area contributed by atoms with E-state index in [2.05, 4.69) is 9.97 Å². The molecule has 1 atom stereocenters. The summed E-state index contributed by atoms with van der Waals surface area (Å²) < 4.78 is 22.9. The summed E-state index contributed by atoms with van der Waals surface area (Å²) in [6, 6.07) is 0. The number of aromatic nitrogens is 2. The molecule has 0 bridgehead atoms. The van der Waals surface area contributed by atoms with Crippen molar-refractivity contribution in [1.82, 2.24) is 9.97 Å². The second-order valence-corrected chi connectivity index (χ2v) is 6.40. The van der Waals surface area contributed by atoms with Crippen molar-refractivity contribution >= 4 is 12.6 Å². The molecule has 2 fully saturated rings. The maximum absolute atomic E-state index is 5.98. The van der Waals surface area contributed by atoms with Gasteiger partial charge in [0.15, 0.2) is 5.82 Å². The second-order valence-electron chi connectivity index (χ2n) is 6.40. The Balaban J connectivity index is 1.73. The van der Waals surface area contributed by atoms with Gasteiger partial charge in [0, 0.05) is 17.9 Å². The Hall–Kier alpha value is -1.02.